The first-order chi connectivity index (χ1) is 4.75. The van der Waals surface area contributed by atoms with Crippen molar-refractivity contribution in [3.05, 3.63) is 0 Å². The van der Waals surface area contributed by atoms with Crippen molar-refractivity contribution in [2.24, 2.45) is 11.7 Å². The van der Waals surface area contributed by atoms with Gasteiger partial charge in [0.15, 0.2) is 0 Å². The van der Waals surface area contributed by atoms with Crippen molar-refractivity contribution in [2.75, 3.05) is 19.6 Å². The molecule has 0 aromatic heterocycles. The number of hydrogen-bond acceptors (Lipinski definition) is 2. The molecule has 0 aromatic carbocycles. The van der Waals surface area contributed by atoms with Crippen LogP contribution in [0.2, 0.25) is 0 Å². The molecule has 0 saturated carbocycles. The van der Waals surface area contributed by atoms with Crippen molar-refractivity contribution in [3.63, 3.8) is 0 Å². The van der Waals surface area contributed by atoms with E-state index < -0.39 is 0 Å². The maximum Gasteiger partial charge on any atom is 0.0131 e. The zero-order valence-electron chi connectivity index (χ0n) is 7.01. The Morgan fingerprint density at radius 1 is 1.60 bits per heavy atom. The van der Waals surface area contributed by atoms with Gasteiger partial charge in [-0.1, -0.05) is 13.8 Å². The number of nitrogens with two attached hydrogens (primary N) is 1. The fourth-order valence-electron chi connectivity index (χ4n) is 1.66. The van der Waals surface area contributed by atoms with Crippen molar-refractivity contribution in [3.8, 4) is 0 Å². The summed E-state index contributed by atoms with van der Waals surface area (Å²) in [6.07, 6.45) is 1.37. The second kappa shape index (κ2) is 3.35. The van der Waals surface area contributed by atoms with E-state index in [0.29, 0.717) is 0 Å². The molecule has 1 rings (SSSR count). The summed E-state index contributed by atoms with van der Waals surface area (Å²) in [5.41, 5.74) is 5.46. The molecule has 1 fully saturated rings. The van der Waals surface area contributed by atoms with Crippen molar-refractivity contribution in [2.45, 2.75) is 26.3 Å². The molecule has 2 heteroatoms. The third kappa shape index (κ3) is 1.50. The summed E-state index contributed by atoms with van der Waals surface area (Å²) in [6.45, 7) is 7.73. The average Bonchev–Trinajstić information content (AvgIpc) is 1.78. The first-order valence-electron chi connectivity index (χ1n) is 4.20. The van der Waals surface area contributed by atoms with Crippen molar-refractivity contribution in [1.29, 1.82) is 0 Å². The molecule has 60 valence electrons. The Morgan fingerprint density at radius 3 is 2.60 bits per heavy atom. The maximum absolute atomic E-state index is 5.46. The predicted molar refractivity (Wildman–Crippen MR) is 43.9 cm³/mol. The van der Waals surface area contributed by atoms with Gasteiger partial charge in [-0.25, -0.2) is 0 Å². The molecule has 0 spiro atoms. The number of rotatable bonds is 3. The Hall–Kier alpha value is -0.0800. The second-order valence-corrected chi connectivity index (χ2v) is 3.42. The Balaban J connectivity index is 2.22. The third-order valence-electron chi connectivity index (χ3n) is 2.37. The van der Waals surface area contributed by atoms with Crippen LogP contribution in [-0.2, 0) is 0 Å². The molecular formula is C8H18N2. The van der Waals surface area contributed by atoms with Gasteiger partial charge in [0.05, 0.1) is 0 Å². The van der Waals surface area contributed by atoms with Gasteiger partial charge in [-0.3, -0.25) is 4.90 Å². The monoisotopic (exact) mass is 142 g/mol. The molecule has 0 aromatic rings. The van der Waals surface area contributed by atoms with Crippen LogP contribution in [-0.4, -0.2) is 30.6 Å². The van der Waals surface area contributed by atoms with Gasteiger partial charge in [-0.2, -0.15) is 0 Å². The highest BCUT2D eigenvalue weighted by Crippen LogP contribution is 2.23. The number of likely N-dealkylation sites (tertiary alicyclic amines) is 1. The molecule has 2 nitrogen and oxygen atoms in total. The second-order valence-electron chi connectivity index (χ2n) is 3.42. The van der Waals surface area contributed by atoms with E-state index in [-0.39, 0.29) is 0 Å². The van der Waals surface area contributed by atoms with E-state index in [4.69, 9.17) is 5.73 Å². The topological polar surface area (TPSA) is 29.3 Å². The van der Waals surface area contributed by atoms with Crippen LogP contribution in [0.1, 0.15) is 20.3 Å². The lowest BCUT2D eigenvalue weighted by Gasteiger charge is -2.43. The van der Waals surface area contributed by atoms with E-state index in [9.17, 15) is 0 Å². The minimum atomic E-state index is 0.806. The smallest absolute Gasteiger partial charge is 0.0131 e. The van der Waals surface area contributed by atoms with Crippen LogP contribution in [0.25, 0.3) is 0 Å². The molecule has 1 saturated heterocycles. The lowest BCUT2D eigenvalue weighted by Crippen LogP contribution is -2.52. The van der Waals surface area contributed by atoms with E-state index in [2.05, 4.69) is 18.7 Å². The average molecular weight is 142 g/mol. The summed E-state index contributed by atoms with van der Waals surface area (Å²) < 4.78 is 0. The van der Waals surface area contributed by atoms with Crippen LogP contribution < -0.4 is 5.73 Å². The highest BCUT2D eigenvalue weighted by molar-refractivity contribution is 4.84. The van der Waals surface area contributed by atoms with Gasteiger partial charge in [-0.15, -0.1) is 0 Å². The number of nitrogens with zero attached hydrogens (tertiary/aromatic N) is 1. The van der Waals surface area contributed by atoms with Gasteiger partial charge < -0.3 is 5.73 Å². The third-order valence-corrected chi connectivity index (χ3v) is 2.37. The Labute approximate surface area is 63.4 Å². The summed E-state index contributed by atoms with van der Waals surface area (Å²) in [5.74, 6) is 0.806. The molecule has 0 radical (unpaired) electrons. The molecule has 10 heavy (non-hydrogen) atoms. The van der Waals surface area contributed by atoms with Crippen LogP contribution in [0.3, 0.4) is 0 Å². The van der Waals surface area contributed by atoms with Crippen LogP contribution in [0.5, 0.6) is 0 Å². The summed E-state index contributed by atoms with van der Waals surface area (Å²) >= 11 is 0. The van der Waals surface area contributed by atoms with E-state index in [1.165, 1.54) is 13.0 Å². The van der Waals surface area contributed by atoms with Crippen molar-refractivity contribution < 1.29 is 0 Å². The lowest BCUT2D eigenvalue weighted by atomic mass is 9.92. The quantitative estimate of drug-likeness (QED) is 0.627. The van der Waals surface area contributed by atoms with Gasteiger partial charge >= 0.3 is 0 Å². The molecule has 0 bridgehead atoms. The SMILES string of the molecule is CC(C)C1CCN1CCN. The fourth-order valence-corrected chi connectivity index (χ4v) is 1.66. The van der Waals surface area contributed by atoms with Crippen LogP contribution >= 0.6 is 0 Å². The molecule has 1 aliphatic rings. The Bertz CT molecular complexity index is 101. The predicted octanol–water partition coefficient (Wildman–Crippen LogP) is 0.675. The first kappa shape index (κ1) is 8.02. The van der Waals surface area contributed by atoms with Gasteiger partial charge in [0.1, 0.15) is 0 Å². The van der Waals surface area contributed by atoms with Gasteiger partial charge in [0, 0.05) is 19.1 Å². The van der Waals surface area contributed by atoms with Gasteiger partial charge in [0.25, 0.3) is 0 Å². The summed E-state index contributed by atoms with van der Waals surface area (Å²) in [6, 6.07) is 0.823. The minimum Gasteiger partial charge on any atom is -0.329 e. The summed E-state index contributed by atoms with van der Waals surface area (Å²) in [4.78, 5) is 2.48. The van der Waals surface area contributed by atoms with E-state index >= 15 is 0 Å². The van der Waals surface area contributed by atoms with Gasteiger partial charge in [-0.05, 0) is 18.9 Å². The minimum absolute atomic E-state index is 0.806. The molecule has 1 unspecified atom stereocenters. The van der Waals surface area contributed by atoms with Crippen LogP contribution in [0.15, 0.2) is 0 Å². The molecule has 1 aliphatic heterocycles. The lowest BCUT2D eigenvalue weighted by molar-refractivity contribution is 0.0598. The van der Waals surface area contributed by atoms with Crippen LogP contribution in [0.4, 0.5) is 0 Å². The molecule has 1 atom stereocenters. The molecule has 1 heterocycles. The van der Waals surface area contributed by atoms with Crippen molar-refractivity contribution in [1.82, 2.24) is 4.90 Å². The number of hydrogen-bond donors (Lipinski definition) is 1. The van der Waals surface area contributed by atoms with Gasteiger partial charge in [0.2, 0.25) is 0 Å². The van der Waals surface area contributed by atoms with Crippen LogP contribution in [0, 0.1) is 5.92 Å². The fraction of sp³-hybridized carbons (Fsp3) is 1.00. The summed E-state index contributed by atoms with van der Waals surface area (Å²) in [7, 11) is 0. The zero-order chi connectivity index (χ0) is 7.56. The maximum atomic E-state index is 5.46. The van der Waals surface area contributed by atoms with E-state index in [1.807, 2.05) is 0 Å². The largest absolute Gasteiger partial charge is 0.329 e. The highest BCUT2D eigenvalue weighted by Gasteiger charge is 2.28. The summed E-state index contributed by atoms with van der Waals surface area (Å²) in [5, 5.41) is 0. The molecule has 0 amide bonds. The van der Waals surface area contributed by atoms with E-state index in [0.717, 1.165) is 25.0 Å². The molecule has 2 N–H and O–H groups in total. The highest BCUT2D eigenvalue weighted by atomic mass is 15.2. The van der Waals surface area contributed by atoms with Crippen molar-refractivity contribution >= 4 is 0 Å². The molecule has 0 aliphatic carbocycles. The standard InChI is InChI=1S/C8H18N2/c1-7(2)8-3-5-10(8)6-4-9/h7-8H,3-6,9H2,1-2H3. The van der Waals surface area contributed by atoms with E-state index in [1.54, 1.807) is 0 Å². The molecular weight excluding hydrogens is 124 g/mol. The Kier molecular flexibility index (Phi) is 2.69. The zero-order valence-corrected chi connectivity index (χ0v) is 7.01. The first-order valence-corrected chi connectivity index (χ1v) is 4.20. The Morgan fingerprint density at radius 2 is 2.30 bits per heavy atom. The normalized spacial score (nSPS) is 27.0.